The van der Waals surface area contributed by atoms with Gasteiger partial charge in [-0.25, -0.2) is 4.79 Å². The summed E-state index contributed by atoms with van der Waals surface area (Å²) in [4.78, 5) is 42.3. The van der Waals surface area contributed by atoms with E-state index in [4.69, 9.17) is 4.74 Å². The molecule has 0 heterocycles. The van der Waals surface area contributed by atoms with E-state index in [0.717, 1.165) is 49.7 Å². The predicted octanol–water partition coefficient (Wildman–Crippen LogP) is 5.70. The largest absolute Gasteiger partial charge is 0.444 e. The zero-order valence-corrected chi connectivity index (χ0v) is 24.0. The number of thioether (sulfide) groups is 1. The summed E-state index contributed by atoms with van der Waals surface area (Å²) in [7, 11) is 0. The zero-order chi connectivity index (χ0) is 27.4. The van der Waals surface area contributed by atoms with E-state index < -0.39 is 23.8 Å². The number of alkyl carbamates (subject to hydrolysis) is 1. The Bertz CT molecular complexity index is 911. The summed E-state index contributed by atoms with van der Waals surface area (Å²) in [5, 5.41) is 5.88. The van der Waals surface area contributed by atoms with Gasteiger partial charge in [-0.3, -0.25) is 9.59 Å². The number of hydrogen-bond acceptors (Lipinski definition) is 5. The van der Waals surface area contributed by atoms with Crippen LogP contribution in [-0.4, -0.2) is 59.0 Å². The van der Waals surface area contributed by atoms with E-state index in [-0.39, 0.29) is 17.9 Å². The van der Waals surface area contributed by atoms with Crippen molar-refractivity contribution in [3.05, 3.63) is 42.0 Å². The van der Waals surface area contributed by atoms with Crippen LogP contribution in [-0.2, 0) is 14.3 Å². The highest BCUT2D eigenvalue weighted by atomic mass is 32.2. The zero-order valence-electron chi connectivity index (χ0n) is 23.2. The van der Waals surface area contributed by atoms with Gasteiger partial charge in [0.25, 0.3) is 0 Å². The number of amides is 3. The smallest absolute Gasteiger partial charge is 0.408 e. The Labute approximate surface area is 227 Å². The molecule has 1 aliphatic carbocycles. The molecule has 0 spiro atoms. The van der Waals surface area contributed by atoms with Gasteiger partial charge in [0.05, 0.1) is 0 Å². The molecule has 2 unspecified atom stereocenters. The molecule has 206 valence electrons. The van der Waals surface area contributed by atoms with Crippen molar-refractivity contribution in [1.29, 1.82) is 0 Å². The molecule has 8 heteroatoms. The maximum absolute atomic E-state index is 14.2. The Morgan fingerprint density at radius 3 is 2.54 bits per heavy atom. The van der Waals surface area contributed by atoms with Gasteiger partial charge in [0.2, 0.25) is 11.8 Å². The third-order valence-corrected chi connectivity index (χ3v) is 7.03. The molecule has 2 N–H and O–H groups in total. The van der Waals surface area contributed by atoms with E-state index in [2.05, 4.69) is 24.1 Å². The summed E-state index contributed by atoms with van der Waals surface area (Å²) in [6.45, 7) is 11.9. The Morgan fingerprint density at radius 2 is 1.97 bits per heavy atom. The van der Waals surface area contributed by atoms with Crippen molar-refractivity contribution in [1.82, 2.24) is 15.5 Å². The molecule has 2 atom stereocenters. The summed E-state index contributed by atoms with van der Waals surface area (Å²) in [6, 6.07) is 5.96. The van der Waals surface area contributed by atoms with Gasteiger partial charge in [0, 0.05) is 12.6 Å². The van der Waals surface area contributed by atoms with Gasteiger partial charge in [-0.05, 0) is 82.1 Å². The number of ether oxygens (including phenoxy) is 1. The topological polar surface area (TPSA) is 87.7 Å². The van der Waals surface area contributed by atoms with Crippen molar-refractivity contribution >= 4 is 35.7 Å². The first kappa shape index (κ1) is 30.7. The van der Waals surface area contributed by atoms with Crippen LogP contribution in [0.15, 0.2) is 30.8 Å². The molecule has 0 aromatic heterocycles. The van der Waals surface area contributed by atoms with Crippen molar-refractivity contribution in [2.45, 2.75) is 96.4 Å². The molecule has 1 aromatic rings. The van der Waals surface area contributed by atoms with Crippen LogP contribution in [0.4, 0.5) is 4.79 Å². The molecular formula is C29H45N3O4S. The van der Waals surface area contributed by atoms with Crippen molar-refractivity contribution in [2.24, 2.45) is 0 Å². The lowest BCUT2D eigenvalue weighted by atomic mass is 9.87. The highest BCUT2D eigenvalue weighted by Crippen LogP contribution is 2.34. The van der Waals surface area contributed by atoms with E-state index in [9.17, 15) is 14.4 Å². The summed E-state index contributed by atoms with van der Waals surface area (Å²) in [6.07, 6.45) is 9.14. The Hall–Kier alpha value is -2.48. The number of hydrogen-bond donors (Lipinski definition) is 2. The number of nitrogens with one attached hydrogen (secondary N) is 2. The van der Waals surface area contributed by atoms with Crippen LogP contribution in [0.2, 0.25) is 0 Å². The van der Waals surface area contributed by atoms with Crippen LogP contribution >= 0.6 is 11.8 Å². The maximum atomic E-state index is 14.2. The molecular weight excluding hydrogens is 486 g/mol. The molecule has 1 fully saturated rings. The third-order valence-electron chi connectivity index (χ3n) is 6.39. The van der Waals surface area contributed by atoms with Crippen LogP contribution in [0, 0.1) is 0 Å². The second-order valence-corrected chi connectivity index (χ2v) is 11.6. The number of carbonyl (C=O) groups is 3. The molecule has 1 saturated carbocycles. The Balaban J connectivity index is 2.44. The highest BCUT2D eigenvalue weighted by molar-refractivity contribution is 7.98. The maximum Gasteiger partial charge on any atom is 0.408 e. The normalized spacial score (nSPS) is 15.2. The van der Waals surface area contributed by atoms with Gasteiger partial charge in [-0.1, -0.05) is 50.6 Å². The van der Waals surface area contributed by atoms with Gasteiger partial charge < -0.3 is 20.3 Å². The Morgan fingerprint density at radius 1 is 1.24 bits per heavy atom. The number of benzene rings is 1. The molecule has 37 heavy (non-hydrogen) atoms. The first-order valence-corrected chi connectivity index (χ1v) is 14.8. The van der Waals surface area contributed by atoms with Gasteiger partial charge >= 0.3 is 6.09 Å². The standard InChI is InChI=1S/C29H45N3O4S/c1-7-9-10-18-30-26(33)25(22-14-11-13-21(8-2)20-22)32(23-15-12-16-23)27(34)24(17-19-37-6)31-28(35)36-29(3,4)5/h8,11,13-14,20,23-25H,2,7,9-10,12,15-19H2,1,3-6H3,(H,30,33)(H,31,35). The first-order chi connectivity index (χ1) is 17.6. The van der Waals surface area contributed by atoms with Crippen LogP contribution in [0.5, 0.6) is 0 Å². The lowest BCUT2D eigenvalue weighted by Crippen LogP contribution is -2.57. The minimum Gasteiger partial charge on any atom is -0.444 e. The summed E-state index contributed by atoms with van der Waals surface area (Å²) >= 11 is 1.61. The minimum absolute atomic E-state index is 0.0662. The van der Waals surface area contributed by atoms with Crippen molar-refractivity contribution in [2.75, 3.05) is 18.6 Å². The lowest BCUT2D eigenvalue weighted by Gasteiger charge is -2.43. The Kier molecular flexibility index (Phi) is 12.5. The van der Waals surface area contributed by atoms with Gasteiger partial charge in [-0.2, -0.15) is 11.8 Å². The molecule has 0 saturated heterocycles. The third kappa shape index (κ3) is 9.72. The van der Waals surface area contributed by atoms with Gasteiger partial charge in [0.15, 0.2) is 0 Å². The summed E-state index contributed by atoms with van der Waals surface area (Å²) in [5.41, 5.74) is 0.941. The van der Waals surface area contributed by atoms with E-state index in [1.54, 1.807) is 43.5 Å². The van der Waals surface area contributed by atoms with Crippen LogP contribution in [0.3, 0.4) is 0 Å². The predicted molar refractivity (Wildman–Crippen MR) is 152 cm³/mol. The van der Waals surface area contributed by atoms with Crippen molar-refractivity contribution in [3.63, 3.8) is 0 Å². The van der Waals surface area contributed by atoms with Crippen LogP contribution in [0.1, 0.15) is 89.8 Å². The summed E-state index contributed by atoms with van der Waals surface area (Å²) in [5.74, 6) is 0.241. The number of unbranched alkanes of at least 4 members (excludes halogenated alkanes) is 2. The average molecular weight is 532 g/mol. The molecule has 2 rings (SSSR count). The first-order valence-electron chi connectivity index (χ1n) is 13.4. The molecule has 3 amide bonds. The molecule has 0 radical (unpaired) electrons. The fraction of sp³-hybridized carbons (Fsp3) is 0.621. The number of nitrogens with zero attached hydrogens (tertiary/aromatic N) is 1. The SMILES string of the molecule is C=Cc1cccc(C(C(=O)NCCCCC)N(C(=O)C(CCSC)NC(=O)OC(C)(C)C)C2CCC2)c1. The van der Waals surface area contributed by atoms with E-state index in [0.29, 0.717) is 18.7 Å². The summed E-state index contributed by atoms with van der Waals surface area (Å²) < 4.78 is 5.46. The van der Waals surface area contributed by atoms with Gasteiger partial charge in [0.1, 0.15) is 17.7 Å². The monoisotopic (exact) mass is 531 g/mol. The number of carbonyl (C=O) groups excluding carboxylic acids is 3. The van der Waals surface area contributed by atoms with Crippen molar-refractivity contribution < 1.29 is 19.1 Å². The molecule has 0 bridgehead atoms. The number of rotatable bonds is 14. The fourth-order valence-corrected chi connectivity index (χ4v) is 4.75. The van der Waals surface area contributed by atoms with E-state index in [1.165, 1.54) is 0 Å². The van der Waals surface area contributed by atoms with E-state index in [1.807, 2.05) is 30.5 Å². The second kappa shape index (κ2) is 15.1. The second-order valence-electron chi connectivity index (χ2n) is 10.6. The molecule has 0 aliphatic heterocycles. The molecule has 1 aromatic carbocycles. The fourth-order valence-electron chi connectivity index (χ4n) is 4.28. The molecule has 7 nitrogen and oxygen atoms in total. The van der Waals surface area contributed by atoms with Crippen LogP contribution < -0.4 is 10.6 Å². The highest BCUT2D eigenvalue weighted by Gasteiger charge is 2.41. The minimum atomic E-state index is -0.795. The van der Waals surface area contributed by atoms with Crippen molar-refractivity contribution in [3.8, 4) is 0 Å². The lowest BCUT2D eigenvalue weighted by molar-refractivity contribution is -0.147. The van der Waals surface area contributed by atoms with Gasteiger partial charge in [-0.15, -0.1) is 0 Å². The van der Waals surface area contributed by atoms with Crippen LogP contribution in [0.25, 0.3) is 6.08 Å². The average Bonchev–Trinajstić information content (AvgIpc) is 2.81. The van der Waals surface area contributed by atoms with E-state index >= 15 is 0 Å². The quantitative estimate of drug-likeness (QED) is 0.301. The molecule has 1 aliphatic rings.